The zero-order valence-electron chi connectivity index (χ0n) is 19.7. The van der Waals surface area contributed by atoms with E-state index in [0.29, 0.717) is 46.9 Å². The molecule has 34 heavy (non-hydrogen) atoms. The topological polar surface area (TPSA) is 125 Å². The number of rotatable bonds is 9. The second-order valence-electron chi connectivity index (χ2n) is 8.31. The number of aliphatic hydroxyl groups excluding tert-OH is 1. The fraction of sp³-hybridized carbons (Fsp3) is 0.636. The molecule has 0 aliphatic carbocycles. The molecule has 2 fully saturated rings. The summed E-state index contributed by atoms with van der Waals surface area (Å²) < 4.78 is 10.5. The Morgan fingerprint density at radius 1 is 1.24 bits per heavy atom. The van der Waals surface area contributed by atoms with E-state index in [4.69, 9.17) is 14.5 Å². The number of esters is 1. The molecule has 0 unspecified atom stereocenters. The molecular formula is C22H33N7O4S. The molecule has 0 amide bonds. The number of nitrogens with one attached hydrogen (secondary N) is 2. The summed E-state index contributed by atoms with van der Waals surface area (Å²) in [6, 6.07) is 1.94. The van der Waals surface area contributed by atoms with Crippen LogP contribution in [0.25, 0.3) is 0 Å². The number of piperidine rings is 1. The predicted molar refractivity (Wildman–Crippen MR) is 131 cm³/mol. The minimum absolute atomic E-state index is 0.263. The Balaban J connectivity index is 1.49. The number of hydrogen-bond donors (Lipinski definition) is 3. The Morgan fingerprint density at radius 3 is 2.74 bits per heavy atom. The van der Waals surface area contributed by atoms with Gasteiger partial charge in [0, 0.05) is 45.3 Å². The van der Waals surface area contributed by atoms with E-state index in [0.717, 1.165) is 58.3 Å². The van der Waals surface area contributed by atoms with Gasteiger partial charge in [-0.3, -0.25) is 10.2 Å². The predicted octanol–water partition coefficient (Wildman–Crippen LogP) is 1.87. The molecule has 0 bridgehead atoms. The van der Waals surface area contributed by atoms with Gasteiger partial charge in [0.2, 0.25) is 5.95 Å². The third-order valence-electron chi connectivity index (χ3n) is 5.82. The molecule has 11 nitrogen and oxygen atoms in total. The van der Waals surface area contributed by atoms with Crippen LogP contribution in [0.1, 0.15) is 35.1 Å². The summed E-state index contributed by atoms with van der Waals surface area (Å²) in [5.41, 5.74) is 0.607. The highest BCUT2D eigenvalue weighted by Gasteiger charge is 2.21. The van der Waals surface area contributed by atoms with Gasteiger partial charge in [0.25, 0.3) is 0 Å². The minimum atomic E-state index is -0.377. The molecule has 2 aromatic heterocycles. The van der Waals surface area contributed by atoms with Crippen molar-refractivity contribution in [3.05, 3.63) is 16.6 Å². The van der Waals surface area contributed by atoms with Crippen molar-refractivity contribution in [2.45, 2.75) is 32.8 Å². The molecule has 0 aromatic carbocycles. The number of anilines is 4. The van der Waals surface area contributed by atoms with Crippen LogP contribution in [0.3, 0.4) is 0 Å². The Kier molecular flexibility index (Phi) is 8.48. The molecule has 0 atom stereocenters. The summed E-state index contributed by atoms with van der Waals surface area (Å²) in [5, 5.41) is 17.0. The van der Waals surface area contributed by atoms with Gasteiger partial charge in [-0.2, -0.15) is 9.97 Å². The van der Waals surface area contributed by atoms with Gasteiger partial charge in [0.15, 0.2) is 5.13 Å². The first kappa shape index (κ1) is 24.6. The highest BCUT2D eigenvalue weighted by Crippen LogP contribution is 2.28. The average Bonchev–Trinajstić information content (AvgIpc) is 3.20. The summed E-state index contributed by atoms with van der Waals surface area (Å²) in [5.74, 6) is 1.53. The van der Waals surface area contributed by atoms with Crippen molar-refractivity contribution in [2.24, 2.45) is 0 Å². The number of aliphatic hydroxyl groups is 1. The van der Waals surface area contributed by atoms with E-state index >= 15 is 0 Å². The van der Waals surface area contributed by atoms with Crippen molar-refractivity contribution in [1.29, 1.82) is 0 Å². The van der Waals surface area contributed by atoms with E-state index in [1.165, 1.54) is 11.3 Å². The molecule has 2 saturated heterocycles. The Bertz CT molecular complexity index is 959. The molecular weight excluding hydrogens is 458 g/mol. The van der Waals surface area contributed by atoms with Crippen LogP contribution < -0.4 is 15.5 Å². The van der Waals surface area contributed by atoms with Crippen molar-refractivity contribution in [3.8, 4) is 0 Å². The van der Waals surface area contributed by atoms with Crippen LogP contribution in [0.2, 0.25) is 0 Å². The molecule has 0 saturated carbocycles. The summed E-state index contributed by atoms with van der Waals surface area (Å²) in [6.07, 6.45) is 1.16. The third kappa shape index (κ3) is 6.53. The van der Waals surface area contributed by atoms with E-state index < -0.39 is 0 Å². The van der Waals surface area contributed by atoms with Gasteiger partial charge >= 0.3 is 5.97 Å². The van der Waals surface area contributed by atoms with Crippen LogP contribution in [0.15, 0.2) is 6.07 Å². The standard InChI is InChI=1S/C22H33N7O4S/c1-3-33-20(31)19-15(2)24-22(34-19)27-21-25-17(23-6-9-28-10-12-32-13-11-28)14-18(26-21)29-7-4-16(30)5-8-29/h14,16,30H,3-13H2,1-2H3,(H2,23,24,25,26,27). The fourth-order valence-corrected chi connectivity index (χ4v) is 4.79. The second-order valence-corrected chi connectivity index (χ2v) is 9.31. The lowest BCUT2D eigenvalue weighted by atomic mass is 10.1. The number of aromatic nitrogens is 3. The van der Waals surface area contributed by atoms with Gasteiger partial charge in [0.05, 0.1) is 31.6 Å². The third-order valence-corrected chi connectivity index (χ3v) is 6.87. The van der Waals surface area contributed by atoms with E-state index in [1.54, 1.807) is 13.8 Å². The number of hydrogen-bond acceptors (Lipinski definition) is 12. The zero-order chi connectivity index (χ0) is 23.9. The van der Waals surface area contributed by atoms with Gasteiger partial charge in [-0.05, 0) is 26.7 Å². The van der Waals surface area contributed by atoms with Gasteiger partial charge in [-0.25, -0.2) is 9.78 Å². The second kappa shape index (κ2) is 11.7. The quantitative estimate of drug-likeness (QED) is 0.445. The first-order valence-corrected chi connectivity index (χ1v) is 12.6. The number of carbonyl (C=O) groups is 1. The maximum Gasteiger partial charge on any atom is 0.350 e. The van der Waals surface area contributed by atoms with Crippen LogP contribution in [-0.4, -0.2) is 96.1 Å². The number of ether oxygens (including phenoxy) is 2. The summed E-state index contributed by atoms with van der Waals surface area (Å²) in [4.78, 5) is 30.9. The molecule has 2 aliphatic rings. The van der Waals surface area contributed by atoms with Crippen LogP contribution >= 0.6 is 11.3 Å². The summed E-state index contributed by atoms with van der Waals surface area (Å²) >= 11 is 1.22. The molecule has 4 rings (SSSR count). The fourth-order valence-electron chi connectivity index (χ4n) is 3.94. The maximum absolute atomic E-state index is 12.2. The van der Waals surface area contributed by atoms with Gasteiger partial charge in [-0.1, -0.05) is 11.3 Å². The van der Waals surface area contributed by atoms with E-state index in [-0.39, 0.29) is 12.1 Å². The van der Waals surface area contributed by atoms with Gasteiger partial charge in [-0.15, -0.1) is 0 Å². The number of nitrogens with zero attached hydrogens (tertiary/aromatic N) is 5. The Hall–Kier alpha value is -2.54. The first-order chi connectivity index (χ1) is 16.5. The molecule has 186 valence electrons. The summed E-state index contributed by atoms with van der Waals surface area (Å²) in [7, 11) is 0. The lowest BCUT2D eigenvalue weighted by Crippen LogP contribution is -2.39. The first-order valence-electron chi connectivity index (χ1n) is 11.8. The van der Waals surface area contributed by atoms with Crippen molar-refractivity contribution < 1.29 is 19.4 Å². The molecule has 2 aromatic rings. The van der Waals surface area contributed by atoms with E-state index in [2.05, 4.69) is 30.4 Å². The number of morpholine rings is 1. The smallest absolute Gasteiger partial charge is 0.350 e. The van der Waals surface area contributed by atoms with Gasteiger partial charge in [0.1, 0.15) is 16.5 Å². The van der Waals surface area contributed by atoms with Crippen molar-refractivity contribution in [2.75, 3.05) is 74.6 Å². The number of thiazole rings is 1. The van der Waals surface area contributed by atoms with Gasteiger partial charge < -0.3 is 24.8 Å². The number of carbonyl (C=O) groups excluding carboxylic acids is 1. The maximum atomic E-state index is 12.2. The van der Waals surface area contributed by atoms with Crippen LogP contribution in [0, 0.1) is 6.92 Å². The summed E-state index contributed by atoms with van der Waals surface area (Å²) in [6.45, 7) is 10.4. The molecule has 2 aliphatic heterocycles. The van der Waals surface area contributed by atoms with Crippen LogP contribution in [0.4, 0.5) is 22.7 Å². The molecule has 0 spiro atoms. The van der Waals surface area contributed by atoms with E-state index in [1.807, 2.05) is 6.07 Å². The number of aryl methyl sites for hydroxylation is 1. The SMILES string of the molecule is CCOC(=O)c1sc(Nc2nc(NCCN3CCOCC3)cc(N3CCC(O)CC3)n2)nc1C. The highest BCUT2D eigenvalue weighted by molar-refractivity contribution is 7.17. The molecule has 12 heteroatoms. The Morgan fingerprint density at radius 2 is 2.00 bits per heavy atom. The lowest BCUT2D eigenvalue weighted by Gasteiger charge is -2.31. The average molecular weight is 492 g/mol. The van der Waals surface area contributed by atoms with Crippen molar-refractivity contribution in [3.63, 3.8) is 0 Å². The Labute approximate surface area is 203 Å². The molecule has 0 radical (unpaired) electrons. The van der Waals surface area contributed by atoms with Crippen molar-refractivity contribution in [1.82, 2.24) is 19.9 Å². The largest absolute Gasteiger partial charge is 0.462 e. The molecule has 3 N–H and O–H groups in total. The zero-order valence-corrected chi connectivity index (χ0v) is 20.6. The van der Waals surface area contributed by atoms with E-state index in [9.17, 15) is 9.90 Å². The normalized spacial score (nSPS) is 17.6. The van der Waals surface area contributed by atoms with Crippen molar-refractivity contribution >= 4 is 40.0 Å². The van der Waals surface area contributed by atoms with Crippen LogP contribution in [0.5, 0.6) is 0 Å². The van der Waals surface area contributed by atoms with Crippen LogP contribution in [-0.2, 0) is 9.47 Å². The lowest BCUT2D eigenvalue weighted by molar-refractivity contribution is 0.0398. The monoisotopic (exact) mass is 491 g/mol. The molecule has 4 heterocycles. The highest BCUT2D eigenvalue weighted by atomic mass is 32.1. The minimum Gasteiger partial charge on any atom is -0.462 e.